The number of nitrogens with one attached hydrogen (secondary N) is 1. The van der Waals surface area contributed by atoms with Gasteiger partial charge in [-0.15, -0.1) is 0 Å². The standard InChI is InChI=1S/C11H9N3O/c1-8-7-14(13-11(8)15)10-4-2-9(6-12)3-5-10/h2-5H,1,7H2,(H,13,15). The fourth-order valence-corrected chi connectivity index (χ4v) is 1.38. The van der Waals surface area contributed by atoms with Crippen molar-refractivity contribution in [1.82, 2.24) is 5.43 Å². The molecule has 0 unspecified atom stereocenters. The van der Waals surface area contributed by atoms with Crippen molar-refractivity contribution in [3.8, 4) is 6.07 Å². The summed E-state index contributed by atoms with van der Waals surface area (Å²) in [7, 11) is 0. The molecule has 1 aromatic rings. The molecule has 0 saturated carbocycles. The van der Waals surface area contributed by atoms with E-state index in [0.29, 0.717) is 17.7 Å². The van der Waals surface area contributed by atoms with E-state index < -0.39 is 0 Å². The van der Waals surface area contributed by atoms with Crippen LogP contribution in [0, 0.1) is 11.3 Å². The molecule has 0 atom stereocenters. The molecule has 0 bridgehead atoms. The van der Waals surface area contributed by atoms with Gasteiger partial charge in [-0.3, -0.25) is 15.2 Å². The van der Waals surface area contributed by atoms with Crippen molar-refractivity contribution in [2.45, 2.75) is 0 Å². The van der Waals surface area contributed by atoms with Crippen molar-refractivity contribution < 1.29 is 4.79 Å². The summed E-state index contributed by atoms with van der Waals surface area (Å²) < 4.78 is 0. The van der Waals surface area contributed by atoms with Crippen LogP contribution in [0.15, 0.2) is 36.4 Å². The number of anilines is 1. The Bertz CT molecular complexity index is 440. The van der Waals surface area contributed by atoms with Gasteiger partial charge >= 0.3 is 0 Å². The zero-order valence-electron chi connectivity index (χ0n) is 8.03. The van der Waals surface area contributed by atoms with Gasteiger partial charge in [-0.2, -0.15) is 5.26 Å². The van der Waals surface area contributed by atoms with Crippen LogP contribution in [-0.2, 0) is 4.79 Å². The number of hydrogen-bond donors (Lipinski definition) is 1. The molecule has 1 amide bonds. The molecule has 0 aromatic heterocycles. The van der Waals surface area contributed by atoms with Gasteiger partial charge < -0.3 is 0 Å². The largest absolute Gasteiger partial charge is 0.281 e. The van der Waals surface area contributed by atoms with Gasteiger partial charge in [0.2, 0.25) is 0 Å². The second kappa shape index (κ2) is 3.46. The number of carbonyl (C=O) groups is 1. The Kier molecular flexibility index (Phi) is 2.14. The van der Waals surface area contributed by atoms with E-state index in [0.717, 1.165) is 5.69 Å². The Labute approximate surface area is 87.4 Å². The number of nitriles is 1. The number of hydrogen-bond acceptors (Lipinski definition) is 3. The molecule has 0 spiro atoms. The average Bonchev–Trinajstić information content (AvgIpc) is 2.59. The van der Waals surface area contributed by atoms with E-state index in [4.69, 9.17) is 5.26 Å². The predicted molar refractivity (Wildman–Crippen MR) is 55.8 cm³/mol. The van der Waals surface area contributed by atoms with Crippen LogP contribution in [0.4, 0.5) is 5.69 Å². The lowest BCUT2D eigenvalue weighted by Gasteiger charge is -2.16. The first kappa shape index (κ1) is 9.28. The highest BCUT2D eigenvalue weighted by atomic mass is 16.2. The average molecular weight is 199 g/mol. The summed E-state index contributed by atoms with van der Waals surface area (Å²) in [6, 6.07) is 9.04. The summed E-state index contributed by atoms with van der Waals surface area (Å²) >= 11 is 0. The van der Waals surface area contributed by atoms with Crippen LogP contribution in [0.3, 0.4) is 0 Å². The smallest absolute Gasteiger partial charge is 0.267 e. The molecule has 0 radical (unpaired) electrons. The SMILES string of the molecule is C=C1CN(c2ccc(C#N)cc2)NC1=O. The lowest BCUT2D eigenvalue weighted by molar-refractivity contribution is -0.116. The molecule has 1 heterocycles. The van der Waals surface area contributed by atoms with E-state index in [9.17, 15) is 4.79 Å². The van der Waals surface area contributed by atoms with Gasteiger partial charge in [0, 0.05) is 5.57 Å². The zero-order chi connectivity index (χ0) is 10.8. The van der Waals surface area contributed by atoms with Crippen molar-refractivity contribution >= 4 is 11.6 Å². The number of benzene rings is 1. The highest BCUT2D eigenvalue weighted by molar-refractivity contribution is 5.97. The van der Waals surface area contributed by atoms with E-state index >= 15 is 0 Å². The van der Waals surface area contributed by atoms with Gasteiger partial charge in [0.15, 0.2) is 0 Å². The Balaban J connectivity index is 2.21. The number of carbonyl (C=O) groups excluding carboxylic acids is 1. The van der Waals surface area contributed by atoms with Crippen molar-refractivity contribution in [3.05, 3.63) is 42.0 Å². The maximum absolute atomic E-state index is 11.2. The third-order valence-electron chi connectivity index (χ3n) is 2.21. The predicted octanol–water partition coefficient (Wildman–Crippen LogP) is 0.966. The first-order valence-electron chi connectivity index (χ1n) is 4.47. The number of rotatable bonds is 1. The van der Waals surface area contributed by atoms with Gasteiger partial charge in [-0.05, 0) is 24.3 Å². The van der Waals surface area contributed by atoms with Crippen LogP contribution < -0.4 is 10.4 Å². The zero-order valence-corrected chi connectivity index (χ0v) is 8.03. The van der Waals surface area contributed by atoms with Crippen LogP contribution in [-0.4, -0.2) is 12.5 Å². The fourth-order valence-electron chi connectivity index (χ4n) is 1.38. The highest BCUT2D eigenvalue weighted by Gasteiger charge is 2.22. The van der Waals surface area contributed by atoms with Crippen molar-refractivity contribution in [2.75, 3.05) is 11.6 Å². The van der Waals surface area contributed by atoms with E-state index in [2.05, 4.69) is 12.0 Å². The Morgan fingerprint density at radius 2 is 2.07 bits per heavy atom. The van der Waals surface area contributed by atoms with Crippen molar-refractivity contribution in [3.63, 3.8) is 0 Å². The molecule has 15 heavy (non-hydrogen) atoms. The molecule has 4 nitrogen and oxygen atoms in total. The molecule has 1 aromatic carbocycles. The second-order valence-corrected chi connectivity index (χ2v) is 3.29. The summed E-state index contributed by atoms with van der Waals surface area (Å²) in [5.74, 6) is -0.153. The molecule has 0 aliphatic carbocycles. The topological polar surface area (TPSA) is 56.1 Å². The normalized spacial score (nSPS) is 15.0. The van der Waals surface area contributed by atoms with Crippen LogP contribution in [0.1, 0.15) is 5.56 Å². The molecule has 2 rings (SSSR count). The summed E-state index contributed by atoms with van der Waals surface area (Å²) in [6.07, 6.45) is 0. The van der Waals surface area contributed by atoms with Crippen molar-refractivity contribution in [2.24, 2.45) is 0 Å². The third kappa shape index (κ3) is 1.67. The van der Waals surface area contributed by atoms with E-state index in [1.54, 1.807) is 29.3 Å². The maximum atomic E-state index is 11.2. The Morgan fingerprint density at radius 3 is 2.53 bits per heavy atom. The minimum Gasteiger partial charge on any atom is -0.281 e. The van der Waals surface area contributed by atoms with E-state index in [1.165, 1.54) is 0 Å². The molecule has 1 saturated heterocycles. The lowest BCUT2D eigenvalue weighted by Crippen LogP contribution is -2.32. The van der Waals surface area contributed by atoms with Crippen LogP contribution in [0.2, 0.25) is 0 Å². The van der Waals surface area contributed by atoms with Gasteiger partial charge in [-0.1, -0.05) is 6.58 Å². The Hall–Kier alpha value is -2.28. The van der Waals surface area contributed by atoms with Gasteiger partial charge in [0.1, 0.15) is 0 Å². The monoisotopic (exact) mass is 199 g/mol. The molecular weight excluding hydrogens is 190 g/mol. The molecule has 1 N–H and O–H groups in total. The summed E-state index contributed by atoms with van der Waals surface area (Å²) in [5, 5.41) is 10.3. The van der Waals surface area contributed by atoms with E-state index in [1.807, 2.05) is 6.07 Å². The molecule has 1 aliphatic heterocycles. The molecule has 74 valence electrons. The lowest BCUT2D eigenvalue weighted by atomic mass is 10.2. The number of hydrazine groups is 1. The quantitative estimate of drug-likeness (QED) is 0.685. The molecule has 1 fully saturated rings. The number of nitrogens with zero attached hydrogens (tertiary/aromatic N) is 2. The maximum Gasteiger partial charge on any atom is 0.267 e. The van der Waals surface area contributed by atoms with Gasteiger partial charge in [0.25, 0.3) is 5.91 Å². The van der Waals surface area contributed by atoms with Gasteiger partial charge in [-0.25, -0.2) is 0 Å². The minimum absolute atomic E-state index is 0.153. The van der Waals surface area contributed by atoms with Crippen molar-refractivity contribution in [1.29, 1.82) is 5.26 Å². The third-order valence-corrected chi connectivity index (χ3v) is 2.21. The van der Waals surface area contributed by atoms with Crippen LogP contribution in [0.5, 0.6) is 0 Å². The molecule has 4 heteroatoms. The fraction of sp³-hybridized carbons (Fsp3) is 0.0909. The molecule has 1 aliphatic rings. The van der Waals surface area contributed by atoms with Gasteiger partial charge in [0.05, 0.1) is 23.9 Å². The first-order chi connectivity index (χ1) is 7.20. The molecular formula is C11H9N3O. The summed E-state index contributed by atoms with van der Waals surface area (Å²) in [6.45, 7) is 4.12. The second-order valence-electron chi connectivity index (χ2n) is 3.29. The van der Waals surface area contributed by atoms with Crippen LogP contribution >= 0.6 is 0 Å². The summed E-state index contributed by atoms with van der Waals surface area (Å²) in [5.41, 5.74) is 4.66. The highest BCUT2D eigenvalue weighted by Crippen LogP contribution is 2.17. The first-order valence-corrected chi connectivity index (χ1v) is 4.47. The minimum atomic E-state index is -0.153. The number of amides is 1. The Morgan fingerprint density at radius 1 is 1.40 bits per heavy atom. The van der Waals surface area contributed by atoms with E-state index in [-0.39, 0.29) is 5.91 Å². The van der Waals surface area contributed by atoms with Crippen LogP contribution in [0.25, 0.3) is 0 Å². The summed E-state index contributed by atoms with van der Waals surface area (Å²) in [4.78, 5) is 11.2.